The highest BCUT2D eigenvalue weighted by Crippen LogP contribution is 2.30. The van der Waals surface area contributed by atoms with Crippen LogP contribution in [0, 0.1) is 5.82 Å². The molecule has 0 aliphatic heterocycles. The molecule has 0 unspecified atom stereocenters. The van der Waals surface area contributed by atoms with Gasteiger partial charge in [0.05, 0.1) is 0 Å². The van der Waals surface area contributed by atoms with Gasteiger partial charge < -0.3 is 5.32 Å². The first-order chi connectivity index (χ1) is 12.9. The van der Waals surface area contributed by atoms with Crippen molar-refractivity contribution < 1.29 is 17.6 Å². The van der Waals surface area contributed by atoms with E-state index in [1.165, 1.54) is 24.4 Å². The Balaban J connectivity index is 1.62. The lowest BCUT2D eigenvalue weighted by Gasteiger charge is -2.09. The van der Waals surface area contributed by atoms with Crippen LogP contribution < -0.4 is 5.32 Å². The fourth-order valence-corrected chi connectivity index (χ4v) is 2.70. The number of hydrogen-bond donors (Lipinski definition) is 1. The summed E-state index contributed by atoms with van der Waals surface area (Å²) in [4.78, 5) is 0. The van der Waals surface area contributed by atoms with Crippen LogP contribution in [-0.2, 0) is 6.18 Å². The second-order valence-electron chi connectivity index (χ2n) is 5.88. The zero-order chi connectivity index (χ0) is 19.0. The van der Waals surface area contributed by atoms with Gasteiger partial charge in [0.2, 0.25) is 5.82 Å². The lowest BCUT2D eigenvalue weighted by atomic mass is 10.1. The van der Waals surface area contributed by atoms with Crippen LogP contribution in [0.5, 0.6) is 0 Å². The monoisotopic (exact) mass is 372 g/mol. The molecule has 0 bridgehead atoms. The lowest BCUT2D eigenvalue weighted by Crippen LogP contribution is -2.10. The Morgan fingerprint density at radius 3 is 1.96 bits per heavy atom. The Morgan fingerprint density at radius 2 is 1.33 bits per heavy atom. The van der Waals surface area contributed by atoms with Crippen LogP contribution in [0.4, 0.5) is 28.9 Å². The minimum atomic E-state index is -4.58. The minimum absolute atomic E-state index is 0.126. The fourth-order valence-electron chi connectivity index (χ4n) is 2.70. The molecule has 27 heavy (non-hydrogen) atoms. The summed E-state index contributed by atoms with van der Waals surface area (Å²) in [5.74, 6) is -1.38. The molecule has 0 aliphatic carbocycles. The third-order valence-electron chi connectivity index (χ3n) is 4.01. The van der Waals surface area contributed by atoms with Gasteiger partial charge in [0.25, 0.3) is 0 Å². The number of nitrogens with zero attached hydrogens (tertiary/aromatic N) is 3. The summed E-state index contributed by atoms with van der Waals surface area (Å²) >= 11 is 0. The summed E-state index contributed by atoms with van der Waals surface area (Å²) in [5, 5.41) is 9.89. The predicted molar refractivity (Wildman–Crippen MR) is 93.1 cm³/mol. The number of fused-ring (bicyclic) bond motifs is 1. The van der Waals surface area contributed by atoms with Crippen LogP contribution in [-0.4, -0.2) is 14.6 Å². The molecule has 0 radical (unpaired) electrons. The Labute approximate surface area is 151 Å². The number of hydrogen-bond acceptors (Lipinski definition) is 3. The Hall–Kier alpha value is -3.42. The van der Waals surface area contributed by atoms with E-state index >= 15 is 0 Å². The van der Waals surface area contributed by atoms with Crippen molar-refractivity contribution >= 4 is 17.0 Å². The van der Waals surface area contributed by atoms with Gasteiger partial charge in [-0.2, -0.15) is 13.2 Å². The summed E-state index contributed by atoms with van der Waals surface area (Å²) in [5.41, 5.74) is 2.96. The lowest BCUT2D eigenvalue weighted by molar-refractivity contribution is -0.145. The number of anilines is 2. The number of rotatable bonds is 3. The van der Waals surface area contributed by atoms with Gasteiger partial charge in [-0.25, -0.2) is 4.39 Å². The number of pyridine rings is 1. The number of benzene rings is 2. The topological polar surface area (TPSA) is 42.2 Å². The summed E-state index contributed by atoms with van der Waals surface area (Å²) in [6, 6.07) is 16.2. The first kappa shape index (κ1) is 17.0. The van der Waals surface area contributed by atoms with Gasteiger partial charge in [0.1, 0.15) is 5.82 Å². The number of halogens is 4. The third kappa shape index (κ3) is 3.46. The fraction of sp³-hybridized carbons (Fsp3) is 0.0526. The molecule has 0 saturated heterocycles. The normalized spacial score (nSPS) is 11.7. The molecule has 0 saturated carbocycles. The highest BCUT2D eigenvalue weighted by atomic mass is 19.4. The van der Waals surface area contributed by atoms with E-state index in [9.17, 15) is 17.6 Å². The molecular formula is C19H12F4N4. The van der Waals surface area contributed by atoms with Gasteiger partial charge in [0.15, 0.2) is 5.65 Å². The molecule has 0 spiro atoms. The van der Waals surface area contributed by atoms with E-state index in [0.29, 0.717) is 5.56 Å². The molecule has 2 aromatic heterocycles. The smallest absolute Gasteiger partial charge is 0.356 e. The van der Waals surface area contributed by atoms with Crippen molar-refractivity contribution in [1.29, 1.82) is 0 Å². The molecule has 0 atom stereocenters. The molecule has 8 heteroatoms. The number of alkyl halides is 3. The molecule has 0 fully saturated rings. The van der Waals surface area contributed by atoms with Gasteiger partial charge in [-0.15, -0.1) is 10.2 Å². The molecule has 2 heterocycles. The average Bonchev–Trinajstić information content (AvgIpc) is 3.08. The van der Waals surface area contributed by atoms with Gasteiger partial charge in [-0.05, 0) is 59.7 Å². The van der Waals surface area contributed by atoms with Crippen molar-refractivity contribution in [3.8, 4) is 11.1 Å². The van der Waals surface area contributed by atoms with E-state index in [0.717, 1.165) is 21.3 Å². The molecule has 2 aromatic carbocycles. The van der Waals surface area contributed by atoms with Crippen molar-refractivity contribution in [3.63, 3.8) is 0 Å². The second-order valence-corrected chi connectivity index (χ2v) is 5.88. The number of nitrogens with one attached hydrogen (secondary N) is 1. The van der Waals surface area contributed by atoms with Gasteiger partial charge in [-0.3, -0.25) is 4.40 Å². The molecule has 4 nitrogen and oxygen atoms in total. The van der Waals surface area contributed by atoms with Gasteiger partial charge >= 0.3 is 6.18 Å². The Morgan fingerprint density at radius 1 is 0.741 bits per heavy atom. The Kier molecular flexibility index (Phi) is 4.02. The van der Waals surface area contributed by atoms with Crippen LogP contribution in [0.25, 0.3) is 16.8 Å². The minimum Gasteiger partial charge on any atom is -0.356 e. The predicted octanol–water partition coefficient (Wildman–Crippen LogP) is 5.30. The van der Waals surface area contributed by atoms with Crippen LogP contribution >= 0.6 is 0 Å². The molecule has 1 N–H and O–H groups in total. The van der Waals surface area contributed by atoms with E-state index in [4.69, 9.17) is 0 Å². The maximum Gasteiger partial charge on any atom is 0.452 e. The second kappa shape index (κ2) is 6.39. The molecule has 4 aromatic rings. The largest absolute Gasteiger partial charge is 0.452 e. The first-order valence-corrected chi connectivity index (χ1v) is 7.95. The summed E-state index contributed by atoms with van der Waals surface area (Å²) in [6.07, 6.45) is -3.22. The van der Waals surface area contributed by atoms with E-state index < -0.39 is 12.0 Å². The van der Waals surface area contributed by atoms with Crippen molar-refractivity contribution in [3.05, 3.63) is 78.5 Å². The maximum atomic E-state index is 13.0. The Bertz CT molecular complexity index is 1080. The zero-order valence-electron chi connectivity index (χ0n) is 13.7. The summed E-state index contributed by atoms with van der Waals surface area (Å²) in [6.45, 7) is 0. The van der Waals surface area contributed by atoms with Gasteiger partial charge in [0, 0.05) is 17.6 Å². The van der Waals surface area contributed by atoms with Crippen LogP contribution in [0.2, 0.25) is 0 Å². The standard InChI is InChI=1S/C19H12F4N4/c20-14-4-8-16(9-5-14)24-15-6-1-12(2-7-15)13-3-10-17-25-26-18(19(21,22)23)27(17)11-13/h1-11,24H. The van der Waals surface area contributed by atoms with E-state index in [1.807, 2.05) is 0 Å². The van der Waals surface area contributed by atoms with Crippen molar-refractivity contribution in [2.45, 2.75) is 6.18 Å². The first-order valence-electron chi connectivity index (χ1n) is 7.95. The number of aromatic nitrogens is 3. The molecule has 136 valence electrons. The average molecular weight is 372 g/mol. The van der Waals surface area contributed by atoms with E-state index in [1.54, 1.807) is 42.5 Å². The molecular weight excluding hydrogens is 360 g/mol. The highest BCUT2D eigenvalue weighted by molar-refractivity contribution is 5.69. The quantitative estimate of drug-likeness (QED) is 0.497. The molecule has 0 aliphatic rings. The van der Waals surface area contributed by atoms with Crippen LogP contribution in [0.15, 0.2) is 66.9 Å². The molecule has 4 rings (SSSR count). The van der Waals surface area contributed by atoms with Crippen molar-refractivity contribution in [1.82, 2.24) is 14.6 Å². The van der Waals surface area contributed by atoms with E-state index in [2.05, 4.69) is 15.5 Å². The van der Waals surface area contributed by atoms with E-state index in [-0.39, 0.29) is 11.5 Å². The SMILES string of the molecule is Fc1ccc(Nc2ccc(-c3ccc4nnc(C(F)(F)F)n4c3)cc2)cc1. The van der Waals surface area contributed by atoms with Crippen LogP contribution in [0.3, 0.4) is 0 Å². The van der Waals surface area contributed by atoms with Crippen molar-refractivity contribution in [2.75, 3.05) is 5.32 Å². The summed E-state index contributed by atoms with van der Waals surface area (Å²) in [7, 11) is 0. The maximum absolute atomic E-state index is 13.0. The van der Waals surface area contributed by atoms with Crippen molar-refractivity contribution in [2.24, 2.45) is 0 Å². The third-order valence-corrected chi connectivity index (χ3v) is 4.01. The molecule has 0 amide bonds. The van der Waals surface area contributed by atoms with Gasteiger partial charge in [-0.1, -0.05) is 12.1 Å². The highest BCUT2D eigenvalue weighted by Gasteiger charge is 2.36. The van der Waals surface area contributed by atoms with Crippen LogP contribution in [0.1, 0.15) is 5.82 Å². The zero-order valence-corrected chi connectivity index (χ0v) is 13.7. The summed E-state index contributed by atoms with van der Waals surface area (Å²) < 4.78 is 52.9.